The van der Waals surface area contributed by atoms with Crippen molar-refractivity contribution in [2.45, 2.75) is 6.92 Å². The van der Waals surface area contributed by atoms with E-state index in [0.29, 0.717) is 5.56 Å². The summed E-state index contributed by atoms with van der Waals surface area (Å²) >= 11 is 0. The number of anilines is 2. The van der Waals surface area contributed by atoms with Crippen molar-refractivity contribution in [3.63, 3.8) is 0 Å². The molecule has 1 aromatic carbocycles. The Bertz CT molecular complexity index is 578. The van der Waals surface area contributed by atoms with E-state index in [0.717, 1.165) is 0 Å². The number of aromatic nitrogens is 1. The van der Waals surface area contributed by atoms with Gasteiger partial charge in [-0.2, -0.15) is 0 Å². The molecule has 0 aliphatic heterocycles. The van der Waals surface area contributed by atoms with Crippen molar-refractivity contribution in [1.29, 1.82) is 0 Å². The molecule has 0 bridgehead atoms. The van der Waals surface area contributed by atoms with Gasteiger partial charge in [-0.15, -0.1) is 0 Å². The molecule has 0 saturated carbocycles. The minimum absolute atomic E-state index is 0.151. The Balaban J connectivity index is 2.27. The van der Waals surface area contributed by atoms with Gasteiger partial charge in [0.05, 0.1) is 5.69 Å². The van der Waals surface area contributed by atoms with E-state index in [1.165, 1.54) is 12.1 Å². The van der Waals surface area contributed by atoms with Gasteiger partial charge in [0.2, 0.25) is 0 Å². The van der Waals surface area contributed by atoms with Gasteiger partial charge in [0.1, 0.15) is 17.3 Å². The summed E-state index contributed by atoms with van der Waals surface area (Å²) < 4.78 is 13.5. The number of nitrogen functional groups attached to an aromatic ring is 1. The molecule has 1 amide bonds. The van der Waals surface area contributed by atoms with Gasteiger partial charge < -0.3 is 11.1 Å². The largest absolute Gasteiger partial charge is 0.384 e. The number of carbonyl (C=O) groups is 1. The molecule has 0 unspecified atom stereocenters. The number of rotatable bonds is 2. The van der Waals surface area contributed by atoms with Crippen molar-refractivity contribution >= 4 is 17.4 Å². The Morgan fingerprint density at radius 3 is 2.67 bits per heavy atom. The van der Waals surface area contributed by atoms with E-state index in [1.54, 1.807) is 31.2 Å². The zero-order chi connectivity index (χ0) is 13.1. The van der Waals surface area contributed by atoms with Crippen LogP contribution in [0.3, 0.4) is 0 Å². The van der Waals surface area contributed by atoms with Gasteiger partial charge in [0.25, 0.3) is 5.91 Å². The second-order valence-electron chi connectivity index (χ2n) is 3.83. The predicted octanol–water partition coefficient (Wildman–Crippen LogP) is 2.36. The summed E-state index contributed by atoms with van der Waals surface area (Å²) in [7, 11) is 0. The van der Waals surface area contributed by atoms with E-state index in [2.05, 4.69) is 10.3 Å². The maximum absolute atomic E-state index is 13.5. The van der Waals surface area contributed by atoms with E-state index in [-0.39, 0.29) is 17.2 Å². The number of para-hydroxylation sites is 1. The molecule has 0 radical (unpaired) electrons. The molecule has 0 fully saturated rings. The Kier molecular flexibility index (Phi) is 3.23. The van der Waals surface area contributed by atoms with E-state index in [1.807, 2.05) is 0 Å². The van der Waals surface area contributed by atoms with Crippen LogP contribution in [0.5, 0.6) is 0 Å². The van der Waals surface area contributed by atoms with Crippen LogP contribution in [0.2, 0.25) is 0 Å². The van der Waals surface area contributed by atoms with Crippen LogP contribution in [0.1, 0.15) is 16.1 Å². The lowest BCUT2D eigenvalue weighted by Crippen LogP contribution is -2.16. The average Bonchev–Trinajstić information content (AvgIpc) is 2.34. The number of nitrogens with one attached hydrogen (secondary N) is 1. The molecular formula is C13H12FN3O. The summed E-state index contributed by atoms with van der Waals surface area (Å²) in [6.45, 7) is 1.71. The molecule has 0 saturated heterocycles. The zero-order valence-corrected chi connectivity index (χ0v) is 9.77. The van der Waals surface area contributed by atoms with Crippen molar-refractivity contribution in [2.24, 2.45) is 0 Å². The molecule has 0 aliphatic rings. The van der Waals surface area contributed by atoms with Crippen molar-refractivity contribution in [3.8, 4) is 0 Å². The number of nitrogens with two attached hydrogens (primary N) is 1. The molecule has 18 heavy (non-hydrogen) atoms. The third-order valence-electron chi connectivity index (χ3n) is 2.46. The van der Waals surface area contributed by atoms with Crippen LogP contribution in [-0.4, -0.2) is 10.9 Å². The van der Waals surface area contributed by atoms with Crippen molar-refractivity contribution in [2.75, 3.05) is 11.1 Å². The van der Waals surface area contributed by atoms with Crippen molar-refractivity contribution < 1.29 is 9.18 Å². The van der Waals surface area contributed by atoms with Gasteiger partial charge in [-0.05, 0) is 30.7 Å². The molecule has 2 aromatic rings. The highest BCUT2D eigenvalue weighted by molar-refractivity contribution is 6.03. The first-order valence-electron chi connectivity index (χ1n) is 5.37. The number of nitrogens with zero attached hydrogens (tertiary/aromatic N) is 1. The van der Waals surface area contributed by atoms with Gasteiger partial charge in [-0.3, -0.25) is 4.79 Å². The molecule has 0 aliphatic carbocycles. The van der Waals surface area contributed by atoms with E-state index < -0.39 is 11.7 Å². The lowest BCUT2D eigenvalue weighted by molar-refractivity contribution is 0.102. The fourth-order valence-electron chi connectivity index (χ4n) is 1.55. The molecule has 3 N–H and O–H groups in total. The molecule has 1 heterocycles. The van der Waals surface area contributed by atoms with Gasteiger partial charge in [-0.1, -0.05) is 18.2 Å². The highest BCUT2D eigenvalue weighted by atomic mass is 19.1. The minimum atomic E-state index is -0.490. The lowest BCUT2D eigenvalue weighted by atomic mass is 10.2. The van der Waals surface area contributed by atoms with Crippen LogP contribution in [0.15, 0.2) is 36.4 Å². The number of hydrogen-bond donors (Lipinski definition) is 2. The zero-order valence-electron chi connectivity index (χ0n) is 9.77. The third-order valence-corrected chi connectivity index (χ3v) is 2.46. The molecule has 0 atom stereocenters. The molecule has 5 heteroatoms. The normalized spacial score (nSPS) is 10.1. The monoisotopic (exact) mass is 245 g/mol. The Morgan fingerprint density at radius 1 is 1.28 bits per heavy atom. The number of benzene rings is 1. The maximum Gasteiger partial charge on any atom is 0.274 e. The van der Waals surface area contributed by atoms with E-state index >= 15 is 0 Å². The molecule has 4 nitrogen and oxygen atoms in total. The van der Waals surface area contributed by atoms with Gasteiger partial charge in [-0.25, -0.2) is 9.37 Å². The summed E-state index contributed by atoms with van der Waals surface area (Å²) in [6, 6.07) is 9.29. The highest BCUT2D eigenvalue weighted by Crippen LogP contribution is 2.19. The van der Waals surface area contributed by atoms with Crippen LogP contribution in [0, 0.1) is 12.7 Å². The summed E-state index contributed by atoms with van der Waals surface area (Å²) in [4.78, 5) is 15.7. The summed E-state index contributed by atoms with van der Waals surface area (Å²) in [6.07, 6.45) is 0. The topological polar surface area (TPSA) is 68.0 Å². The molecular weight excluding hydrogens is 233 g/mol. The summed E-state index contributed by atoms with van der Waals surface area (Å²) in [5, 5.41) is 2.49. The number of halogens is 1. The third kappa shape index (κ3) is 2.45. The minimum Gasteiger partial charge on any atom is -0.384 e. The number of amides is 1. The highest BCUT2D eigenvalue weighted by Gasteiger charge is 2.12. The maximum atomic E-state index is 13.5. The first kappa shape index (κ1) is 12.0. The number of pyridine rings is 1. The second kappa shape index (κ2) is 4.83. The smallest absolute Gasteiger partial charge is 0.274 e. The average molecular weight is 245 g/mol. The lowest BCUT2D eigenvalue weighted by Gasteiger charge is -2.09. The Hall–Kier alpha value is -2.43. The molecule has 2 rings (SSSR count). The van der Waals surface area contributed by atoms with Crippen LogP contribution < -0.4 is 11.1 Å². The fraction of sp³-hybridized carbons (Fsp3) is 0.0769. The van der Waals surface area contributed by atoms with E-state index in [9.17, 15) is 9.18 Å². The first-order chi connectivity index (χ1) is 8.58. The molecule has 1 aromatic heterocycles. The van der Waals surface area contributed by atoms with Gasteiger partial charge >= 0.3 is 0 Å². The first-order valence-corrected chi connectivity index (χ1v) is 5.37. The van der Waals surface area contributed by atoms with Crippen LogP contribution >= 0.6 is 0 Å². The fourth-order valence-corrected chi connectivity index (χ4v) is 1.55. The van der Waals surface area contributed by atoms with Crippen LogP contribution in [-0.2, 0) is 0 Å². The number of aryl methyl sites for hydroxylation is 1. The standard InChI is InChI=1S/C13H12FN3O/c1-8-4-2-5-9(14)12(8)17-13(18)10-6-3-7-11(15)16-10/h2-7H,1H3,(H2,15,16)(H,17,18). The number of carbonyl (C=O) groups excluding carboxylic acids is 1. The Labute approximate surface area is 104 Å². The molecule has 0 spiro atoms. The predicted molar refractivity (Wildman–Crippen MR) is 67.7 cm³/mol. The van der Waals surface area contributed by atoms with Crippen LogP contribution in [0.4, 0.5) is 15.9 Å². The van der Waals surface area contributed by atoms with Gasteiger partial charge in [0.15, 0.2) is 0 Å². The van der Waals surface area contributed by atoms with Gasteiger partial charge in [0, 0.05) is 0 Å². The summed E-state index contributed by atoms with van der Waals surface area (Å²) in [5.74, 6) is -0.726. The molecule has 92 valence electrons. The second-order valence-corrected chi connectivity index (χ2v) is 3.83. The SMILES string of the molecule is Cc1cccc(F)c1NC(=O)c1cccc(N)n1. The van der Waals surface area contributed by atoms with Crippen LogP contribution in [0.25, 0.3) is 0 Å². The number of hydrogen-bond acceptors (Lipinski definition) is 3. The Morgan fingerprint density at radius 2 is 2.00 bits per heavy atom. The van der Waals surface area contributed by atoms with Crippen molar-refractivity contribution in [3.05, 3.63) is 53.5 Å². The van der Waals surface area contributed by atoms with E-state index in [4.69, 9.17) is 5.73 Å². The van der Waals surface area contributed by atoms with Crippen molar-refractivity contribution in [1.82, 2.24) is 4.98 Å². The quantitative estimate of drug-likeness (QED) is 0.853. The summed E-state index contributed by atoms with van der Waals surface area (Å²) in [5.41, 5.74) is 6.44.